The van der Waals surface area contributed by atoms with E-state index in [1.54, 1.807) is 13.0 Å². The lowest BCUT2D eigenvalue weighted by Crippen LogP contribution is -2.20. The average molecular weight is 180 g/mol. The molecule has 0 amide bonds. The Bertz CT molecular complexity index is 363. The Kier molecular flexibility index (Phi) is 2.50. The summed E-state index contributed by atoms with van der Waals surface area (Å²) in [4.78, 5) is 12.0. The van der Waals surface area contributed by atoms with E-state index in [9.17, 15) is 4.79 Å². The molecule has 68 valence electrons. The fraction of sp³-hybridized carbons (Fsp3) is 0.286. The summed E-state index contributed by atoms with van der Waals surface area (Å²) in [6, 6.07) is 1.79. The molecule has 0 radical (unpaired) electrons. The van der Waals surface area contributed by atoms with Crippen LogP contribution in [0.1, 0.15) is 23.0 Å². The number of ether oxygens (including phenoxy) is 1. The molecule has 6 nitrogen and oxygen atoms in total. The molecule has 0 bridgehead atoms. The Morgan fingerprint density at radius 3 is 3.15 bits per heavy atom. The first-order valence-corrected chi connectivity index (χ1v) is 3.61. The van der Waals surface area contributed by atoms with Gasteiger partial charge >= 0.3 is 5.97 Å². The second kappa shape index (κ2) is 3.58. The minimum Gasteiger partial charge on any atom is -0.461 e. The van der Waals surface area contributed by atoms with Gasteiger partial charge < -0.3 is 10.6 Å². The smallest absolute Gasteiger partial charge is 0.360 e. The van der Waals surface area contributed by atoms with Crippen molar-refractivity contribution < 1.29 is 9.53 Å². The van der Waals surface area contributed by atoms with Crippen molar-refractivity contribution in [3.63, 3.8) is 0 Å². The van der Waals surface area contributed by atoms with Gasteiger partial charge in [0, 0.05) is 0 Å². The van der Waals surface area contributed by atoms with Gasteiger partial charge in [0.15, 0.2) is 5.69 Å². The number of aromatic nitrogens is 2. The standard InChI is InChI=1S/C7H8N4O2/c1-2-13-7(12)6-5(3-8)4-10-11(6)9/h4H,2,9H2,1H3. The van der Waals surface area contributed by atoms with Crippen molar-refractivity contribution in [3.05, 3.63) is 17.5 Å². The summed E-state index contributed by atoms with van der Waals surface area (Å²) in [5.41, 5.74) is 0.0882. The van der Waals surface area contributed by atoms with Crippen molar-refractivity contribution >= 4 is 5.97 Å². The Morgan fingerprint density at radius 1 is 1.92 bits per heavy atom. The molecule has 0 aliphatic rings. The van der Waals surface area contributed by atoms with Crippen molar-refractivity contribution in [1.29, 1.82) is 5.26 Å². The van der Waals surface area contributed by atoms with Gasteiger partial charge in [-0.3, -0.25) is 0 Å². The number of rotatable bonds is 2. The van der Waals surface area contributed by atoms with Crippen molar-refractivity contribution in [1.82, 2.24) is 9.89 Å². The van der Waals surface area contributed by atoms with E-state index in [1.165, 1.54) is 6.20 Å². The van der Waals surface area contributed by atoms with Crippen molar-refractivity contribution in [3.8, 4) is 6.07 Å². The fourth-order valence-electron chi connectivity index (χ4n) is 0.847. The van der Waals surface area contributed by atoms with Crippen LogP contribution in [-0.2, 0) is 4.74 Å². The number of hydrogen-bond donors (Lipinski definition) is 1. The largest absolute Gasteiger partial charge is 0.461 e. The van der Waals surface area contributed by atoms with Gasteiger partial charge in [-0.25, -0.2) is 4.79 Å². The zero-order valence-corrected chi connectivity index (χ0v) is 7.02. The van der Waals surface area contributed by atoms with E-state index in [1.807, 2.05) is 0 Å². The Hall–Kier alpha value is -2.03. The molecule has 1 aromatic rings. The maximum atomic E-state index is 11.2. The van der Waals surface area contributed by atoms with E-state index >= 15 is 0 Å². The Balaban J connectivity index is 3.05. The van der Waals surface area contributed by atoms with Crippen LogP contribution >= 0.6 is 0 Å². The summed E-state index contributed by atoms with van der Waals surface area (Å²) >= 11 is 0. The summed E-state index contributed by atoms with van der Waals surface area (Å²) < 4.78 is 4.68. The number of carbonyl (C=O) groups is 1. The van der Waals surface area contributed by atoms with Crippen molar-refractivity contribution in [2.75, 3.05) is 12.4 Å². The maximum absolute atomic E-state index is 11.2. The monoisotopic (exact) mass is 180 g/mol. The molecular weight excluding hydrogens is 172 g/mol. The summed E-state index contributed by atoms with van der Waals surface area (Å²) in [6.45, 7) is 1.90. The highest BCUT2D eigenvalue weighted by molar-refractivity contribution is 5.90. The topological polar surface area (TPSA) is 93.9 Å². The maximum Gasteiger partial charge on any atom is 0.360 e. The van der Waals surface area contributed by atoms with E-state index in [0.29, 0.717) is 0 Å². The number of esters is 1. The highest BCUT2D eigenvalue weighted by atomic mass is 16.5. The van der Waals surface area contributed by atoms with E-state index in [-0.39, 0.29) is 17.9 Å². The van der Waals surface area contributed by atoms with Crippen LogP contribution in [0.3, 0.4) is 0 Å². The molecule has 1 heterocycles. The third kappa shape index (κ3) is 1.59. The quantitative estimate of drug-likeness (QED) is 0.495. The third-order valence-electron chi connectivity index (χ3n) is 1.38. The average Bonchev–Trinajstić information content (AvgIpc) is 2.47. The molecule has 0 saturated carbocycles. The predicted molar refractivity (Wildman–Crippen MR) is 43.0 cm³/mol. The van der Waals surface area contributed by atoms with Gasteiger partial charge in [-0.15, -0.1) is 0 Å². The van der Waals surface area contributed by atoms with Crippen LogP contribution in [0, 0.1) is 11.3 Å². The highest BCUT2D eigenvalue weighted by Gasteiger charge is 2.18. The van der Waals surface area contributed by atoms with Crippen LogP contribution in [0.15, 0.2) is 6.20 Å². The minimum atomic E-state index is -0.640. The molecule has 2 N–H and O–H groups in total. The van der Waals surface area contributed by atoms with Gasteiger partial charge in [-0.2, -0.15) is 15.2 Å². The molecule has 13 heavy (non-hydrogen) atoms. The molecule has 1 rings (SSSR count). The first-order chi connectivity index (χ1) is 6.20. The summed E-state index contributed by atoms with van der Waals surface area (Å²) in [6.07, 6.45) is 1.21. The first kappa shape index (κ1) is 9.06. The van der Waals surface area contributed by atoms with Gasteiger partial charge in [-0.05, 0) is 6.92 Å². The summed E-state index contributed by atoms with van der Waals surface area (Å²) in [7, 11) is 0. The van der Waals surface area contributed by atoms with Crippen LogP contribution in [0.2, 0.25) is 0 Å². The van der Waals surface area contributed by atoms with Crippen LogP contribution in [0.4, 0.5) is 0 Å². The van der Waals surface area contributed by atoms with Crippen LogP contribution < -0.4 is 5.84 Å². The first-order valence-electron chi connectivity index (χ1n) is 3.61. The van der Waals surface area contributed by atoms with Crippen LogP contribution in [0.25, 0.3) is 0 Å². The number of hydrogen-bond acceptors (Lipinski definition) is 5. The lowest BCUT2D eigenvalue weighted by Gasteiger charge is -2.00. The molecule has 0 unspecified atom stereocenters. The van der Waals surface area contributed by atoms with E-state index in [2.05, 4.69) is 9.84 Å². The molecule has 0 aliphatic heterocycles. The molecule has 0 spiro atoms. The minimum absolute atomic E-state index is 0.0237. The summed E-state index contributed by atoms with van der Waals surface area (Å²) in [5.74, 6) is 4.66. The zero-order chi connectivity index (χ0) is 9.84. The van der Waals surface area contributed by atoms with Gasteiger partial charge in [0.2, 0.25) is 0 Å². The second-order valence-electron chi connectivity index (χ2n) is 2.18. The molecule has 0 atom stereocenters. The van der Waals surface area contributed by atoms with Crippen LogP contribution in [-0.4, -0.2) is 22.5 Å². The second-order valence-corrected chi connectivity index (χ2v) is 2.18. The molecule has 0 saturated heterocycles. The van der Waals surface area contributed by atoms with Gasteiger partial charge in [0.1, 0.15) is 11.6 Å². The number of nitrogen functional groups attached to an aromatic ring is 1. The van der Waals surface area contributed by atoms with Gasteiger partial charge in [0.25, 0.3) is 0 Å². The Morgan fingerprint density at radius 2 is 2.62 bits per heavy atom. The van der Waals surface area contributed by atoms with Crippen molar-refractivity contribution in [2.45, 2.75) is 6.92 Å². The lowest BCUT2D eigenvalue weighted by atomic mass is 10.3. The van der Waals surface area contributed by atoms with Crippen LogP contribution in [0.5, 0.6) is 0 Å². The molecule has 6 heteroatoms. The molecule has 0 fully saturated rings. The molecule has 0 aromatic carbocycles. The number of nitriles is 1. The van der Waals surface area contributed by atoms with Crippen molar-refractivity contribution in [2.24, 2.45) is 0 Å². The number of carbonyl (C=O) groups excluding carboxylic acids is 1. The number of nitrogens with two attached hydrogens (primary N) is 1. The highest BCUT2D eigenvalue weighted by Crippen LogP contribution is 2.05. The summed E-state index contributed by atoms with van der Waals surface area (Å²) in [5, 5.41) is 12.1. The SMILES string of the molecule is CCOC(=O)c1c(C#N)cnn1N. The normalized spacial score (nSPS) is 9.23. The zero-order valence-electron chi connectivity index (χ0n) is 7.02. The lowest BCUT2D eigenvalue weighted by molar-refractivity contribution is 0.0514. The fourth-order valence-corrected chi connectivity index (χ4v) is 0.847. The Labute approximate surface area is 74.5 Å². The van der Waals surface area contributed by atoms with Gasteiger partial charge in [0.05, 0.1) is 12.8 Å². The number of nitrogens with zero attached hydrogens (tertiary/aromatic N) is 3. The van der Waals surface area contributed by atoms with E-state index in [0.717, 1.165) is 4.79 Å². The third-order valence-corrected chi connectivity index (χ3v) is 1.38. The molecule has 1 aromatic heterocycles. The van der Waals surface area contributed by atoms with E-state index < -0.39 is 5.97 Å². The van der Waals surface area contributed by atoms with Gasteiger partial charge in [-0.1, -0.05) is 0 Å². The van der Waals surface area contributed by atoms with E-state index in [4.69, 9.17) is 11.1 Å². The predicted octanol–water partition coefficient (Wildman–Crippen LogP) is -0.355. The molecular formula is C7H8N4O2. The molecule has 0 aliphatic carbocycles.